The maximum atomic E-state index is 12.1. The monoisotopic (exact) mass is 326 g/mol. The molecule has 0 spiro atoms. The van der Waals surface area contributed by atoms with Gasteiger partial charge in [0.15, 0.2) is 0 Å². The van der Waals surface area contributed by atoms with Crippen molar-refractivity contribution in [3.05, 3.63) is 17.5 Å². The van der Waals surface area contributed by atoms with E-state index in [1.54, 1.807) is 18.1 Å². The first-order valence-electron chi connectivity index (χ1n) is 7.45. The summed E-state index contributed by atoms with van der Waals surface area (Å²) in [5, 5.41) is 0.255. The van der Waals surface area contributed by atoms with Crippen molar-refractivity contribution in [2.75, 3.05) is 25.0 Å². The highest BCUT2D eigenvalue weighted by Gasteiger charge is 2.28. The summed E-state index contributed by atoms with van der Waals surface area (Å²) in [6.07, 6.45) is 3.13. The molecule has 0 radical (unpaired) electrons. The number of nitrogens with zero attached hydrogens (tertiary/aromatic N) is 4. The largest absolute Gasteiger partial charge is 0.444 e. The average molecular weight is 327 g/mol. The number of hydrogen-bond acceptors (Lipinski definition) is 5. The normalized spacial score (nSPS) is 16.5. The number of halogens is 1. The van der Waals surface area contributed by atoms with E-state index in [9.17, 15) is 4.79 Å². The van der Waals surface area contributed by atoms with Crippen LogP contribution in [0.4, 0.5) is 10.6 Å². The maximum Gasteiger partial charge on any atom is 0.410 e. The second kappa shape index (κ2) is 6.69. The molecule has 1 fully saturated rings. The van der Waals surface area contributed by atoms with Crippen molar-refractivity contribution < 1.29 is 9.53 Å². The number of rotatable bonds is 2. The molecule has 0 aromatic carbocycles. The molecule has 0 unspecified atom stereocenters. The van der Waals surface area contributed by atoms with Crippen molar-refractivity contribution in [1.29, 1.82) is 0 Å². The zero-order valence-electron chi connectivity index (χ0n) is 13.5. The van der Waals surface area contributed by atoms with Gasteiger partial charge in [-0.2, -0.15) is 0 Å². The van der Waals surface area contributed by atoms with Gasteiger partial charge in [0.25, 0.3) is 0 Å². The SMILES string of the molecule is CN(C(=O)OC(C)(C)C)C1CCN(c2ccnc(Cl)n2)CC1. The Morgan fingerprint density at radius 3 is 2.59 bits per heavy atom. The summed E-state index contributed by atoms with van der Waals surface area (Å²) < 4.78 is 5.42. The van der Waals surface area contributed by atoms with Crippen molar-refractivity contribution in [1.82, 2.24) is 14.9 Å². The fraction of sp³-hybridized carbons (Fsp3) is 0.667. The lowest BCUT2D eigenvalue weighted by Crippen LogP contribution is -2.47. The highest BCUT2D eigenvalue weighted by Crippen LogP contribution is 2.22. The summed E-state index contributed by atoms with van der Waals surface area (Å²) in [5.41, 5.74) is -0.468. The molecule has 2 heterocycles. The van der Waals surface area contributed by atoms with Crippen molar-refractivity contribution in [3.63, 3.8) is 0 Å². The van der Waals surface area contributed by atoms with E-state index in [1.807, 2.05) is 26.8 Å². The molecule has 122 valence electrons. The highest BCUT2D eigenvalue weighted by molar-refractivity contribution is 6.28. The molecule has 1 aliphatic heterocycles. The van der Waals surface area contributed by atoms with Crippen molar-refractivity contribution in [3.8, 4) is 0 Å². The molecular weight excluding hydrogens is 304 g/mol. The van der Waals surface area contributed by atoms with Crippen molar-refractivity contribution >= 4 is 23.5 Å². The number of carbonyl (C=O) groups is 1. The van der Waals surface area contributed by atoms with Crippen LogP contribution in [0.3, 0.4) is 0 Å². The lowest BCUT2D eigenvalue weighted by molar-refractivity contribution is 0.0201. The smallest absolute Gasteiger partial charge is 0.410 e. The Bertz CT molecular complexity index is 525. The van der Waals surface area contributed by atoms with E-state index in [2.05, 4.69) is 14.9 Å². The molecule has 1 aromatic rings. The average Bonchev–Trinajstić information content (AvgIpc) is 2.45. The molecule has 0 N–H and O–H groups in total. The topological polar surface area (TPSA) is 58.6 Å². The van der Waals surface area contributed by atoms with E-state index in [0.29, 0.717) is 0 Å². The van der Waals surface area contributed by atoms with Crippen LogP contribution in [0.1, 0.15) is 33.6 Å². The van der Waals surface area contributed by atoms with Gasteiger partial charge in [0.05, 0.1) is 0 Å². The van der Waals surface area contributed by atoms with Crippen LogP contribution in [-0.2, 0) is 4.74 Å². The number of hydrogen-bond donors (Lipinski definition) is 0. The van der Waals surface area contributed by atoms with E-state index in [0.717, 1.165) is 31.7 Å². The Morgan fingerprint density at radius 2 is 2.05 bits per heavy atom. The fourth-order valence-corrected chi connectivity index (χ4v) is 2.61. The quantitative estimate of drug-likeness (QED) is 0.782. The minimum Gasteiger partial charge on any atom is -0.444 e. The third-order valence-corrected chi connectivity index (χ3v) is 3.81. The van der Waals surface area contributed by atoms with Crippen LogP contribution in [0.25, 0.3) is 0 Å². The molecular formula is C15H23ClN4O2. The van der Waals surface area contributed by atoms with Crippen LogP contribution in [0.2, 0.25) is 5.28 Å². The van der Waals surface area contributed by atoms with Crippen LogP contribution in [-0.4, -0.2) is 52.7 Å². The standard InChI is InChI=1S/C15H23ClN4O2/c1-15(2,3)22-14(21)19(4)11-6-9-20(10-7-11)12-5-8-17-13(16)18-12/h5,8,11H,6-7,9-10H2,1-4H3. The molecule has 0 bridgehead atoms. The molecule has 1 saturated heterocycles. The van der Waals surface area contributed by atoms with E-state index in [1.165, 1.54) is 0 Å². The Balaban J connectivity index is 1.90. The molecule has 7 heteroatoms. The number of aromatic nitrogens is 2. The van der Waals surface area contributed by atoms with Gasteiger partial charge < -0.3 is 14.5 Å². The Kier molecular flexibility index (Phi) is 5.11. The summed E-state index contributed by atoms with van der Waals surface area (Å²) in [4.78, 5) is 24.1. The summed E-state index contributed by atoms with van der Waals surface area (Å²) in [6, 6.07) is 2.03. The third-order valence-electron chi connectivity index (χ3n) is 3.63. The second-order valence-electron chi connectivity index (χ2n) is 6.49. The van der Waals surface area contributed by atoms with E-state index >= 15 is 0 Å². The first-order chi connectivity index (χ1) is 10.3. The van der Waals surface area contributed by atoms with Crippen LogP contribution in [0.15, 0.2) is 12.3 Å². The molecule has 1 aliphatic rings. The Morgan fingerprint density at radius 1 is 1.41 bits per heavy atom. The Labute approximate surface area is 136 Å². The molecule has 6 nitrogen and oxygen atoms in total. The predicted octanol–water partition coefficient (Wildman–Crippen LogP) is 2.97. The summed E-state index contributed by atoms with van der Waals surface area (Å²) in [7, 11) is 1.80. The van der Waals surface area contributed by atoms with E-state index in [4.69, 9.17) is 16.3 Å². The fourth-order valence-electron chi connectivity index (χ4n) is 2.47. The second-order valence-corrected chi connectivity index (χ2v) is 6.83. The highest BCUT2D eigenvalue weighted by atomic mass is 35.5. The van der Waals surface area contributed by atoms with Gasteiger partial charge in [-0.3, -0.25) is 0 Å². The van der Waals surface area contributed by atoms with Gasteiger partial charge in [0.2, 0.25) is 5.28 Å². The lowest BCUT2D eigenvalue weighted by atomic mass is 10.0. The minimum atomic E-state index is -0.468. The zero-order chi connectivity index (χ0) is 16.3. The van der Waals surface area contributed by atoms with E-state index < -0.39 is 5.60 Å². The number of amides is 1. The molecule has 0 aliphatic carbocycles. The molecule has 1 aromatic heterocycles. The lowest BCUT2D eigenvalue weighted by Gasteiger charge is -2.37. The van der Waals surface area contributed by atoms with Gasteiger partial charge in [0.1, 0.15) is 11.4 Å². The van der Waals surface area contributed by atoms with Gasteiger partial charge in [-0.25, -0.2) is 14.8 Å². The molecule has 22 heavy (non-hydrogen) atoms. The Hall–Kier alpha value is -1.56. The number of anilines is 1. The summed E-state index contributed by atoms with van der Waals surface area (Å²) in [5.74, 6) is 0.832. The van der Waals surface area contributed by atoms with Crippen LogP contribution >= 0.6 is 11.6 Å². The van der Waals surface area contributed by atoms with Gasteiger partial charge >= 0.3 is 6.09 Å². The van der Waals surface area contributed by atoms with Crippen LogP contribution in [0, 0.1) is 0 Å². The van der Waals surface area contributed by atoms with Gasteiger partial charge in [0, 0.05) is 32.4 Å². The predicted molar refractivity (Wildman–Crippen MR) is 86.3 cm³/mol. The van der Waals surface area contributed by atoms with Crippen molar-refractivity contribution in [2.24, 2.45) is 0 Å². The van der Waals surface area contributed by atoms with Gasteiger partial charge in [-0.1, -0.05) is 0 Å². The van der Waals surface area contributed by atoms with Gasteiger partial charge in [-0.05, 0) is 51.3 Å². The van der Waals surface area contributed by atoms with E-state index in [-0.39, 0.29) is 17.4 Å². The molecule has 0 saturated carbocycles. The number of carbonyl (C=O) groups excluding carboxylic acids is 1. The summed E-state index contributed by atoms with van der Waals surface area (Å²) in [6.45, 7) is 7.27. The first-order valence-corrected chi connectivity index (χ1v) is 7.83. The van der Waals surface area contributed by atoms with Gasteiger partial charge in [-0.15, -0.1) is 0 Å². The maximum absolute atomic E-state index is 12.1. The first kappa shape index (κ1) is 16.8. The third kappa shape index (κ3) is 4.47. The minimum absolute atomic E-state index is 0.184. The summed E-state index contributed by atoms with van der Waals surface area (Å²) >= 11 is 5.83. The van der Waals surface area contributed by atoms with Crippen molar-refractivity contribution in [2.45, 2.75) is 45.3 Å². The molecule has 0 atom stereocenters. The zero-order valence-corrected chi connectivity index (χ0v) is 14.3. The molecule has 2 rings (SSSR count). The number of piperidine rings is 1. The van der Waals surface area contributed by atoms with Crippen LogP contribution < -0.4 is 4.90 Å². The number of ether oxygens (including phenoxy) is 1. The van der Waals surface area contributed by atoms with Crippen LogP contribution in [0.5, 0.6) is 0 Å². The molecule has 1 amide bonds.